The summed E-state index contributed by atoms with van der Waals surface area (Å²) in [7, 11) is 3.31. The highest BCUT2D eigenvalue weighted by Gasteiger charge is 2.34. The van der Waals surface area contributed by atoms with Crippen molar-refractivity contribution in [3.8, 4) is 11.5 Å². The quantitative estimate of drug-likeness (QED) is 0.570. The molecule has 9 heteroatoms. The van der Waals surface area contributed by atoms with Crippen LogP contribution in [0.4, 0.5) is 11.4 Å². The molecule has 36 heavy (non-hydrogen) atoms. The zero-order chi connectivity index (χ0) is 25.8. The molecule has 9 nitrogen and oxygen atoms in total. The second kappa shape index (κ2) is 10.6. The van der Waals surface area contributed by atoms with Crippen LogP contribution >= 0.6 is 0 Å². The molecule has 3 amide bonds. The molecule has 4 rings (SSSR count). The van der Waals surface area contributed by atoms with Crippen LogP contribution in [0.1, 0.15) is 25.7 Å². The first-order valence-electron chi connectivity index (χ1n) is 11.8. The number of carbonyl (C=O) groups excluding carboxylic acids is 3. The Bertz CT molecular complexity index is 1200. The summed E-state index contributed by atoms with van der Waals surface area (Å²) in [6.07, 6.45) is 2.78. The van der Waals surface area contributed by atoms with Crippen molar-refractivity contribution in [3.63, 3.8) is 0 Å². The molecule has 0 aromatic heterocycles. The summed E-state index contributed by atoms with van der Waals surface area (Å²) in [6, 6.07) is 14.3. The molecule has 0 atom stereocenters. The number of hydrogen-bond donors (Lipinski definition) is 1. The number of amides is 3. The van der Waals surface area contributed by atoms with E-state index in [0.29, 0.717) is 42.1 Å². The van der Waals surface area contributed by atoms with Crippen LogP contribution < -0.4 is 25.1 Å². The fraction of sp³-hybridized carbons (Fsp3) is 0.296. The summed E-state index contributed by atoms with van der Waals surface area (Å²) < 4.78 is 5.22. The zero-order valence-corrected chi connectivity index (χ0v) is 20.5. The number of methoxy groups -OCH3 is 1. The molecular weight excluding hydrogens is 460 g/mol. The number of anilines is 2. The average molecular weight is 491 g/mol. The number of nitrogens with zero attached hydrogens (tertiary/aromatic N) is 3. The standard InChI is InChI=1S/C27H30N4O5/c1-18(26(28)33)23-15-17-31(27(34)25(23)29(2)19-7-11-21(35-3)12-8-19)36-22-13-9-20(10-14-22)30-16-5-4-6-24(30)32/h7-14H,1,4-6,15-17H2,2-3H3,(H2,28,33). The van der Waals surface area contributed by atoms with Crippen molar-refractivity contribution in [1.29, 1.82) is 0 Å². The van der Waals surface area contributed by atoms with Crippen molar-refractivity contribution in [1.82, 2.24) is 5.06 Å². The number of piperidine rings is 1. The minimum absolute atomic E-state index is 0.0916. The van der Waals surface area contributed by atoms with Gasteiger partial charge in [0.2, 0.25) is 11.8 Å². The van der Waals surface area contributed by atoms with Crippen LogP contribution in [-0.4, -0.2) is 50.0 Å². The molecule has 0 spiro atoms. The Morgan fingerprint density at radius 1 is 0.972 bits per heavy atom. The van der Waals surface area contributed by atoms with E-state index >= 15 is 0 Å². The van der Waals surface area contributed by atoms with Gasteiger partial charge in [0.05, 0.1) is 13.7 Å². The second-order valence-corrected chi connectivity index (χ2v) is 8.67. The van der Waals surface area contributed by atoms with E-state index in [2.05, 4.69) is 6.58 Å². The van der Waals surface area contributed by atoms with Crippen LogP contribution in [0.15, 0.2) is 72.0 Å². The molecule has 2 aromatic carbocycles. The van der Waals surface area contributed by atoms with Crippen molar-refractivity contribution in [2.75, 3.05) is 37.0 Å². The molecule has 0 saturated carbocycles. The fourth-order valence-electron chi connectivity index (χ4n) is 4.38. The van der Waals surface area contributed by atoms with E-state index in [4.69, 9.17) is 15.3 Å². The Morgan fingerprint density at radius 3 is 2.25 bits per heavy atom. The Labute approximate surface area is 210 Å². The average Bonchev–Trinajstić information content (AvgIpc) is 2.89. The highest BCUT2D eigenvalue weighted by Crippen LogP contribution is 2.32. The first-order chi connectivity index (χ1) is 17.3. The molecule has 1 fully saturated rings. The Hall–Kier alpha value is -4.27. The van der Waals surface area contributed by atoms with Crippen LogP contribution in [0.2, 0.25) is 0 Å². The van der Waals surface area contributed by atoms with E-state index < -0.39 is 11.8 Å². The van der Waals surface area contributed by atoms with E-state index in [-0.39, 0.29) is 23.7 Å². The summed E-state index contributed by atoms with van der Waals surface area (Å²) in [5.41, 5.74) is 7.84. The third kappa shape index (κ3) is 5.05. The van der Waals surface area contributed by atoms with Crippen LogP contribution in [0, 0.1) is 0 Å². The Balaban J connectivity index is 1.58. The smallest absolute Gasteiger partial charge is 0.303 e. The van der Waals surface area contributed by atoms with Crippen LogP contribution in [0.25, 0.3) is 0 Å². The molecule has 0 bridgehead atoms. The molecular formula is C27H30N4O5. The monoisotopic (exact) mass is 490 g/mol. The minimum Gasteiger partial charge on any atom is -0.497 e. The van der Waals surface area contributed by atoms with E-state index in [1.54, 1.807) is 48.2 Å². The fourth-order valence-corrected chi connectivity index (χ4v) is 4.38. The molecule has 2 aliphatic rings. The van der Waals surface area contributed by atoms with E-state index in [1.807, 2.05) is 24.3 Å². The molecule has 2 aromatic rings. The summed E-state index contributed by atoms with van der Waals surface area (Å²) in [4.78, 5) is 47.1. The normalized spacial score (nSPS) is 16.2. The van der Waals surface area contributed by atoms with E-state index in [1.165, 1.54) is 5.06 Å². The van der Waals surface area contributed by atoms with Gasteiger partial charge in [-0.15, -0.1) is 0 Å². The summed E-state index contributed by atoms with van der Waals surface area (Å²) in [5.74, 6) is 0.139. The number of primary amides is 1. The third-order valence-corrected chi connectivity index (χ3v) is 6.42. The highest BCUT2D eigenvalue weighted by atomic mass is 16.7. The Kier molecular flexibility index (Phi) is 7.28. The maximum absolute atomic E-state index is 13.6. The lowest BCUT2D eigenvalue weighted by molar-refractivity contribution is -0.154. The van der Waals surface area contributed by atoms with E-state index in [0.717, 1.165) is 18.5 Å². The minimum atomic E-state index is -0.685. The maximum Gasteiger partial charge on any atom is 0.303 e. The number of likely N-dealkylation sites (N-methyl/N-ethyl adjacent to an activating group) is 1. The molecule has 1 saturated heterocycles. The van der Waals surface area contributed by atoms with Gasteiger partial charge in [-0.25, -0.2) is 0 Å². The van der Waals surface area contributed by atoms with Gasteiger partial charge in [-0.1, -0.05) is 6.58 Å². The van der Waals surface area contributed by atoms with Crippen LogP contribution in [0.3, 0.4) is 0 Å². The van der Waals surface area contributed by atoms with Crippen molar-refractivity contribution in [3.05, 3.63) is 72.0 Å². The van der Waals surface area contributed by atoms with Crippen molar-refractivity contribution < 1.29 is 24.0 Å². The largest absolute Gasteiger partial charge is 0.497 e. The lowest BCUT2D eigenvalue weighted by Crippen LogP contribution is -2.45. The van der Waals surface area contributed by atoms with E-state index in [9.17, 15) is 14.4 Å². The topological polar surface area (TPSA) is 105 Å². The van der Waals surface area contributed by atoms with Gasteiger partial charge in [-0.2, -0.15) is 5.06 Å². The predicted octanol–water partition coefficient (Wildman–Crippen LogP) is 3.17. The van der Waals surface area contributed by atoms with Crippen molar-refractivity contribution >= 4 is 29.1 Å². The molecule has 2 aliphatic heterocycles. The van der Waals surface area contributed by atoms with Crippen LogP contribution in [-0.2, 0) is 14.4 Å². The molecule has 188 valence electrons. The number of hydroxylamine groups is 2. The lowest BCUT2D eigenvalue weighted by Gasteiger charge is -2.34. The SMILES string of the molecule is C=C(C(N)=O)C1=C(N(C)c2ccc(OC)cc2)C(=O)N(Oc2ccc(N3CCCCC3=O)cc2)CC1. The van der Waals surface area contributed by atoms with Gasteiger partial charge in [0.15, 0.2) is 5.75 Å². The van der Waals surface area contributed by atoms with Crippen molar-refractivity contribution in [2.45, 2.75) is 25.7 Å². The third-order valence-electron chi connectivity index (χ3n) is 6.42. The molecule has 2 heterocycles. The number of ether oxygens (including phenoxy) is 1. The number of benzene rings is 2. The Morgan fingerprint density at radius 2 is 1.64 bits per heavy atom. The molecule has 0 radical (unpaired) electrons. The maximum atomic E-state index is 13.6. The van der Waals surface area contributed by atoms with Gasteiger partial charge in [-0.3, -0.25) is 14.4 Å². The first-order valence-corrected chi connectivity index (χ1v) is 11.8. The summed E-state index contributed by atoms with van der Waals surface area (Å²) in [5, 5.41) is 1.26. The van der Waals surface area contributed by atoms with Gasteiger partial charge >= 0.3 is 5.91 Å². The van der Waals surface area contributed by atoms with Gasteiger partial charge in [-0.05, 0) is 73.4 Å². The lowest BCUT2D eigenvalue weighted by atomic mass is 9.97. The predicted molar refractivity (Wildman–Crippen MR) is 136 cm³/mol. The number of nitrogens with two attached hydrogens (primary N) is 1. The van der Waals surface area contributed by atoms with Crippen LogP contribution in [0.5, 0.6) is 11.5 Å². The molecule has 0 unspecified atom stereocenters. The van der Waals surface area contributed by atoms with Gasteiger partial charge in [0.25, 0.3) is 0 Å². The summed E-state index contributed by atoms with van der Waals surface area (Å²) in [6.45, 7) is 4.72. The van der Waals surface area contributed by atoms with Gasteiger partial charge in [0.1, 0.15) is 11.4 Å². The number of hydrogen-bond acceptors (Lipinski definition) is 6. The second-order valence-electron chi connectivity index (χ2n) is 8.67. The zero-order valence-electron chi connectivity index (χ0n) is 20.5. The first kappa shape index (κ1) is 24.8. The molecule has 2 N–H and O–H groups in total. The highest BCUT2D eigenvalue weighted by molar-refractivity contribution is 6.04. The number of rotatable bonds is 8. The van der Waals surface area contributed by atoms with Crippen molar-refractivity contribution in [2.24, 2.45) is 5.73 Å². The van der Waals surface area contributed by atoms with Gasteiger partial charge in [0, 0.05) is 37.0 Å². The van der Waals surface area contributed by atoms with Gasteiger partial charge < -0.3 is 25.1 Å². The molecule has 0 aliphatic carbocycles. The summed E-state index contributed by atoms with van der Waals surface area (Å²) >= 11 is 0. The number of carbonyl (C=O) groups is 3.